The number of carbonyl (C=O) groups excluding carboxylic acids is 1. The molecule has 0 aliphatic rings. The molecule has 0 aliphatic carbocycles. The molecule has 6 heteroatoms. The molecule has 0 saturated carbocycles. The highest BCUT2D eigenvalue weighted by atomic mass is 35.5. The van der Waals surface area contributed by atoms with Crippen LogP contribution >= 0.6 is 11.6 Å². The summed E-state index contributed by atoms with van der Waals surface area (Å²) < 4.78 is 0. The first-order valence-corrected chi connectivity index (χ1v) is 6.51. The third kappa shape index (κ3) is 3.73. The van der Waals surface area contributed by atoms with Gasteiger partial charge in [-0.2, -0.15) is 0 Å². The van der Waals surface area contributed by atoms with Gasteiger partial charge in [0.15, 0.2) is 0 Å². The van der Waals surface area contributed by atoms with E-state index in [1.54, 1.807) is 24.3 Å². The van der Waals surface area contributed by atoms with Crippen LogP contribution in [0.2, 0.25) is 5.02 Å². The summed E-state index contributed by atoms with van der Waals surface area (Å²) in [5, 5.41) is 11.8. The van der Waals surface area contributed by atoms with Crippen molar-refractivity contribution in [3.8, 4) is 0 Å². The van der Waals surface area contributed by atoms with E-state index in [4.69, 9.17) is 22.4 Å². The third-order valence-corrected chi connectivity index (χ3v) is 3.17. The number of rotatable bonds is 4. The predicted octanol–water partition coefficient (Wildman–Crippen LogP) is 2.80. The Morgan fingerprint density at radius 1 is 1.14 bits per heavy atom. The third-order valence-electron chi connectivity index (χ3n) is 2.85. The van der Waals surface area contributed by atoms with Crippen molar-refractivity contribution in [1.29, 1.82) is 0 Å². The van der Waals surface area contributed by atoms with Crippen molar-refractivity contribution in [2.75, 3.05) is 11.1 Å². The van der Waals surface area contributed by atoms with Gasteiger partial charge >= 0.3 is 5.97 Å². The van der Waals surface area contributed by atoms with Crippen molar-refractivity contribution >= 4 is 34.9 Å². The average molecular weight is 305 g/mol. The summed E-state index contributed by atoms with van der Waals surface area (Å²) in [5.74, 6) is -1.50. The van der Waals surface area contributed by atoms with Crippen LogP contribution in [0.1, 0.15) is 15.9 Å². The first-order valence-electron chi connectivity index (χ1n) is 6.13. The normalized spacial score (nSPS) is 10.1. The molecule has 0 aromatic heterocycles. The molecule has 0 atom stereocenters. The minimum atomic E-state index is -1.15. The highest BCUT2D eigenvalue weighted by molar-refractivity contribution is 6.34. The second-order valence-electron chi connectivity index (χ2n) is 4.43. The van der Waals surface area contributed by atoms with E-state index in [0.29, 0.717) is 5.69 Å². The number of amides is 1. The van der Waals surface area contributed by atoms with Gasteiger partial charge in [0.25, 0.3) is 0 Å². The summed E-state index contributed by atoms with van der Waals surface area (Å²) >= 11 is 5.95. The maximum Gasteiger partial charge on any atom is 0.337 e. The first kappa shape index (κ1) is 14.9. The molecule has 2 aromatic carbocycles. The van der Waals surface area contributed by atoms with Crippen molar-refractivity contribution in [3.05, 3.63) is 58.6 Å². The van der Waals surface area contributed by atoms with Gasteiger partial charge in [-0.3, -0.25) is 4.79 Å². The number of anilines is 2. The minimum absolute atomic E-state index is 0.0480. The number of nitrogens with one attached hydrogen (secondary N) is 1. The molecule has 4 N–H and O–H groups in total. The lowest BCUT2D eigenvalue weighted by Gasteiger charge is -2.10. The predicted molar refractivity (Wildman–Crippen MR) is 81.6 cm³/mol. The zero-order valence-corrected chi connectivity index (χ0v) is 11.7. The van der Waals surface area contributed by atoms with Crippen LogP contribution in [0, 0.1) is 0 Å². The molecular weight excluding hydrogens is 292 g/mol. The number of benzene rings is 2. The zero-order chi connectivity index (χ0) is 15.4. The molecule has 0 radical (unpaired) electrons. The molecule has 0 unspecified atom stereocenters. The lowest BCUT2D eigenvalue weighted by atomic mass is 10.1. The molecule has 1 amide bonds. The lowest BCUT2D eigenvalue weighted by molar-refractivity contribution is -0.115. The second-order valence-corrected chi connectivity index (χ2v) is 4.84. The fraction of sp³-hybridized carbons (Fsp3) is 0.0667. The van der Waals surface area contributed by atoms with Gasteiger partial charge in [0.2, 0.25) is 5.91 Å². The van der Waals surface area contributed by atoms with Crippen LogP contribution in [0.25, 0.3) is 0 Å². The number of nitrogens with two attached hydrogens (primary N) is 1. The van der Waals surface area contributed by atoms with Crippen molar-refractivity contribution < 1.29 is 14.7 Å². The van der Waals surface area contributed by atoms with Crippen LogP contribution in [0.5, 0.6) is 0 Å². The number of carboxylic acids is 1. The van der Waals surface area contributed by atoms with E-state index in [2.05, 4.69) is 5.32 Å². The molecule has 0 fully saturated rings. The number of carboxylic acid groups (broad SMARTS) is 1. The van der Waals surface area contributed by atoms with E-state index >= 15 is 0 Å². The van der Waals surface area contributed by atoms with Crippen molar-refractivity contribution in [3.63, 3.8) is 0 Å². The first-order chi connectivity index (χ1) is 9.97. The maximum atomic E-state index is 12.0. The largest absolute Gasteiger partial charge is 0.478 e. The summed E-state index contributed by atoms with van der Waals surface area (Å²) in [7, 11) is 0. The fourth-order valence-corrected chi connectivity index (χ4v) is 2.06. The minimum Gasteiger partial charge on any atom is -0.478 e. The summed E-state index contributed by atoms with van der Waals surface area (Å²) in [6.07, 6.45) is 0.102. The molecule has 0 saturated heterocycles. The molecule has 5 nitrogen and oxygen atoms in total. The standard InChI is InChI=1S/C15H13ClN2O3/c16-12-3-1-2-11(15(20)21)14(12)18-13(19)8-9-4-6-10(17)7-5-9/h1-7H,8,17H2,(H,18,19)(H,20,21). The monoisotopic (exact) mass is 304 g/mol. The molecule has 0 spiro atoms. The molecule has 2 rings (SSSR count). The van der Waals surface area contributed by atoms with Crippen molar-refractivity contribution in [1.82, 2.24) is 0 Å². The Morgan fingerprint density at radius 2 is 1.81 bits per heavy atom. The Labute approximate surface area is 126 Å². The Kier molecular flexibility index (Phi) is 4.45. The maximum absolute atomic E-state index is 12.0. The summed E-state index contributed by atoms with van der Waals surface area (Å²) in [5.41, 5.74) is 7.01. The Balaban J connectivity index is 2.16. The van der Waals surface area contributed by atoms with Gasteiger partial charge in [0.05, 0.1) is 22.7 Å². The SMILES string of the molecule is Nc1ccc(CC(=O)Nc2c(Cl)cccc2C(=O)O)cc1. The number of hydrogen-bond acceptors (Lipinski definition) is 3. The topological polar surface area (TPSA) is 92.4 Å². The lowest BCUT2D eigenvalue weighted by Crippen LogP contribution is -2.17. The Morgan fingerprint density at radius 3 is 2.43 bits per heavy atom. The number of hydrogen-bond donors (Lipinski definition) is 3. The second kappa shape index (κ2) is 6.28. The van der Waals surface area contributed by atoms with Gasteiger partial charge < -0.3 is 16.2 Å². The van der Waals surface area contributed by atoms with E-state index < -0.39 is 5.97 Å². The van der Waals surface area contributed by atoms with Crippen LogP contribution < -0.4 is 11.1 Å². The average Bonchev–Trinajstić information content (AvgIpc) is 2.43. The van der Waals surface area contributed by atoms with Crippen LogP contribution in [0.15, 0.2) is 42.5 Å². The van der Waals surface area contributed by atoms with Gasteiger partial charge in [-0.15, -0.1) is 0 Å². The molecule has 21 heavy (non-hydrogen) atoms. The van der Waals surface area contributed by atoms with Gasteiger partial charge in [0, 0.05) is 5.69 Å². The molecule has 0 bridgehead atoms. The van der Waals surface area contributed by atoms with Crippen molar-refractivity contribution in [2.45, 2.75) is 6.42 Å². The van der Waals surface area contributed by atoms with Gasteiger partial charge in [0.1, 0.15) is 0 Å². The van der Waals surface area contributed by atoms with Crippen LogP contribution in [-0.4, -0.2) is 17.0 Å². The van der Waals surface area contributed by atoms with Gasteiger partial charge in [-0.25, -0.2) is 4.79 Å². The molecular formula is C15H13ClN2O3. The van der Waals surface area contributed by atoms with Crippen LogP contribution in [0.4, 0.5) is 11.4 Å². The number of nitrogen functional groups attached to an aromatic ring is 1. The smallest absolute Gasteiger partial charge is 0.337 e. The van der Waals surface area contributed by atoms with Gasteiger partial charge in [-0.05, 0) is 29.8 Å². The molecule has 0 heterocycles. The zero-order valence-electron chi connectivity index (χ0n) is 11.0. The van der Waals surface area contributed by atoms with Crippen molar-refractivity contribution in [2.24, 2.45) is 0 Å². The Hall–Kier alpha value is -2.53. The molecule has 108 valence electrons. The highest BCUT2D eigenvalue weighted by Crippen LogP contribution is 2.26. The van der Waals surface area contributed by atoms with E-state index in [9.17, 15) is 9.59 Å². The summed E-state index contributed by atoms with van der Waals surface area (Å²) in [6.45, 7) is 0. The Bertz CT molecular complexity index is 684. The van der Waals surface area contributed by atoms with E-state index in [1.165, 1.54) is 18.2 Å². The summed E-state index contributed by atoms with van der Waals surface area (Å²) in [4.78, 5) is 23.1. The van der Waals surface area contributed by atoms with E-state index in [0.717, 1.165) is 5.56 Å². The molecule has 0 aliphatic heterocycles. The van der Waals surface area contributed by atoms with E-state index in [-0.39, 0.29) is 28.6 Å². The number of halogens is 1. The number of aromatic carboxylic acids is 1. The summed E-state index contributed by atoms with van der Waals surface area (Å²) in [6, 6.07) is 11.3. The number of carbonyl (C=O) groups is 2. The highest BCUT2D eigenvalue weighted by Gasteiger charge is 2.15. The van der Waals surface area contributed by atoms with Gasteiger partial charge in [-0.1, -0.05) is 29.8 Å². The quantitative estimate of drug-likeness (QED) is 0.757. The van der Waals surface area contributed by atoms with Crippen LogP contribution in [0.3, 0.4) is 0 Å². The van der Waals surface area contributed by atoms with Crippen LogP contribution in [-0.2, 0) is 11.2 Å². The molecule has 2 aromatic rings. The fourth-order valence-electron chi connectivity index (χ4n) is 1.83. The van der Waals surface area contributed by atoms with E-state index in [1.807, 2.05) is 0 Å². The number of para-hydroxylation sites is 1.